The Hall–Kier alpha value is -0.480. The molecule has 0 spiro atoms. The largest absolute Gasteiger partial charge is 0.394 e. The van der Waals surface area contributed by atoms with Crippen molar-refractivity contribution in [2.24, 2.45) is 0 Å². The van der Waals surface area contributed by atoms with Gasteiger partial charge >= 0.3 is 0 Å². The number of nitrogens with one attached hydrogen (secondary N) is 1. The van der Waals surface area contributed by atoms with E-state index in [0.717, 1.165) is 0 Å². The van der Waals surface area contributed by atoms with Gasteiger partial charge in [0.05, 0.1) is 25.3 Å². The van der Waals surface area contributed by atoms with E-state index in [1.54, 1.807) is 0 Å². The third kappa shape index (κ3) is 3.48. The van der Waals surface area contributed by atoms with Gasteiger partial charge in [-0.05, 0) is 0 Å². The number of hydrogen-bond acceptors (Lipinski definition) is 12. The molecule has 1 aliphatic carbocycles. The zero-order valence-corrected chi connectivity index (χ0v) is 14.0. The summed E-state index contributed by atoms with van der Waals surface area (Å²) < 4.78 is 10.1. The molecule has 0 aromatic heterocycles. The van der Waals surface area contributed by atoms with E-state index in [1.165, 1.54) is 7.11 Å². The molecule has 0 aromatic rings. The highest BCUT2D eigenvalue weighted by atomic mass is 16.7. The fraction of sp³-hybridized carbons (Fsp3) is 1.00. The predicted octanol–water partition coefficient (Wildman–Crippen LogP) is -6.42. The molecule has 11 atom stereocenters. The van der Waals surface area contributed by atoms with Crippen molar-refractivity contribution in [1.82, 2.24) is 5.32 Å². The van der Waals surface area contributed by atoms with E-state index in [0.29, 0.717) is 0 Å². The van der Waals surface area contributed by atoms with Crippen LogP contribution < -0.4 is 5.32 Å². The van der Waals surface area contributed by atoms with Crippen LogP contribution in [0.5, 0.6) is 0 Å². The van der Waals surface area contributed by atoms with Crippen LogP contribution in [0.4, 0.5) is 0 Å². The summed E-state index contributed by atoms with van der Waals surface area (Å²) in [6.45, 7) is -1.76. The lowest BCUT2D eigenvalue weighted by Gasteiger charge is -2.51. The van der Waals surface area contributed by atoms with E-state index in [4.69, 9.17) is 9.47 Å². The normalized spacial score (nSPS) is 52.8. The Labute approximate surface area is 148 Å². The van der Waals surface area contributed by atoms with Gasteiger partial charge in [-0.15, -0.1) is 0 Å². The van der Waals surface area contributed by atoms with Crippen molar-refractivity contribution in [2.45, 2.75) is 66.7 Å². The molecule has 12 nitrogen and oxygen atoms in total. The molecule has 0 unspecified atom stereocenters. The molecular formula is C14H27NO11. The minimum absolute atomic E-state index is 0.629. The lowest BCUT2D eigenvalue weighted by Crippen LogP contribution is -2.77. The van der Waals surface area contributed by atoms with Crippen molar-refractivity contribution in [3.05, 3.63) is 0 Å². The van der Waals surface area contributed by atoms with Crippen LogP contribution in [0.3, 0.4) is 0 Å². The Kier molecular flexibility index (Phi) is 6.93. The van der Waals surface area contributed by atoms with Gasteiger partial charge in [-0.25, -0.2) is 0 Å². The fourth-order valence-electron chi connectivity index (χ4n) is 3.45. The van der Waals surface area contributed by atoms with Gasteiger partial charge in [-0.1, -0.05) is 0 Å². The number of rotatable bonds is 5. The topological polar surface area (TPSA) is 213 Å². The van der Waals surface area contributed by atoms with E-state index in [1.807, 2.05) is 0 Å². The minimum atomic E-state index is -2.56. The maximum absolute atomic E-state index is 10.3. The number of hydrogen-bond donors (Lipinski definition) is 10. The average molecular weight is 385 g/mol. The zero-order valence-electron chi connectivity index (χ0n) is 14.0. The highest BCUT2D eigenvalue weighted by molar-refractivity contribution is 5.12. The third-order valence-corrected chi connectivity index (χ3v) is 5.16. The van der Waals surface area contributed by atoms with Crippen molar-refractivity contribution in [3.63, 3.8) is 0 Å². The van der Waals surface area contributed by atoms with E-state index < -0.39 is 79.9 Å². The first-order valence-corrected chi connectivity index (χ1v) is 8.10. The molecule has 12 heteroatoms. The molecule has 2 aliphatic rings. The molecule has 2 rings (SSSR count). The fourth-order valence-corrected chi connectivity index (χ4v) is 3.45. The molecule has 10 N–H and O–H groups in total. The highest BCUT2D eigenvalue weighted by Crippen LogP contribution is 2.31. The Morgan fingerprint density at radius 1 is 0.885 bits per heavy atom. The molecule has 154 valence electrons. The lowest BCUT2D eigenvalue weighted by molar-refractivity contribution is -0.282. The SMILES string of the molecule is CO[C@@H]1O[C@H](CO)[C@@H](N[C@@H]2[C@H](O)[C@@H](O)[C@H](O)[C@@](O)(CO)[C@H]2O)[C@H](O)[C@H]1O. The van der Waals surface area contributed by atoms with E-state index in [2.05, 4.69) is 5.32 Å². The first-order chi connectivity index (χ1) is 12.1. The summed E-state index contributed by atoms with van der Waals surface area (Å²) >= 11 is 0. The summed E-state index contributed by atoms with van der Waals surface area (Å²) in [5, 5.41) is 92.1. The van der Waals surface area contributed by atoms with Crippen molar-refractivity contribution >= 4 is 0 Å². The maximum atomic E-state index is 10.3. The summed E-state index contributed by atoms with van der Waals surface area (Å²) in [6.07, 6.45) is -13.2. The zero-order chi connectivity index (χ0) is 19.8. The molecule has 1 saturated heterocycles. The highest BCUT2D eigenvalue weighted by Gasteiger charge is 2.59. The van der Waals surface area contributed by atoms with Gasteiger partial charge in [0, 0.05) is 7.11 Å². The molecule has 0 aromatic carbocycles. The van der Waals surface area contributed by atoms with Gasteiger partial charge in [0.2, 0.25) is 0 Å². The molecule has 0 radical (unpaired) electrons. The van der Waals surface area contributed by atoms with Crippen LogP contribution in [-0.4, -0.2) is 133 Å². The molecule has 1 saturated carbocycles. The van der Waals surface area contributed by atoms with E-state index in [9.17, 15) is 46.0 Å². The Morgan fingerprint density at radius 3 is 1.96 bits per heavy atom. The second-order valence-electron chi connectivity index (χ2n) is 6.68. The number of ether oxygens (including phenoxy) is 2. The standard InChI is InChI=1S/C14H27NO11/c1-25-13-10(21)7(18)5(4(2-16)26-13)15-6-8(19)9(20)12(23)14(24,3-17)11(6)22/h4-13,15-24H,2-3H2,1H3/t4-,5-,6-,7+,8+,9-,10-,11+,12+,13-,14-/m1/s1. The van der Waals surface area contributed by atoms with Gasteiger partial charge in [-0.2, -0.15) is 0 Å². The molecular weight excluding hydrogens is 358 g/mol. The van der Waals surface area contributed by atoms with Crippen LogP contribution in [0.15, 0.2) is 0 Å². The van der Waals surface area contributed by atoms with Crippen LogP contribution in [0, 0.1) is 0 Å². The predicted molar refractivity (Wildman–Crippen MR) is 81.5 cm³/mol. The summed E-state index contributed by atoms with van der Waals surface area (Å²) in [5.74, 6) is 0. The maximum Gasteiger partial charge on any atom is 0.186 e. The van der Waals surface area contributed by atoms with Crippen LogP contribution in [0.2, 0.25) is 0 Å². The van der Waals surface area contributed by atoms with Crippen LogP contribution in [0.25, 0.3) is 0 Å². The Bertz CT molecular complexity index is 468. The van der Waals surface area contributed by atoms with Gasteiger partial charge in [0.15, 0.2) is 6.29 Å². The van der Waals surface area contributed by atoms with Crippen molar-refractivity contribution in [2.75, 3.05) is 20.3 Å². The molecule has 1 aliphatic heterocycles. The number of methoxy groups -OCH3 is 1. The van der Waals surface area contributed by atoms with Crippen LogP contribution in [0.1, 0.15) is 0 Å². The lowest BCUT2D eigenvalue weighted by atomic mass is 9.73. The Morgan fingerprint density at radius 2 is 1.46 bits per heavy atom. The second kappa shape index (κ2) is 8.26. The van der Waals surface area contributed by atoms with Gasteiger partial charge in [0.25, 0.3) is 0 Å². The summed E-state index contributed by atoms with van der Waals surface area (Å²) in [6, 6.07) is -2.80. The summed E-state index contributed by atoms with van der Waals surface area (Å²) in [7, 11) is 1.22. The number of aliphatic hydroxyl groups is 9. The molecule has 26 heavy (non-hydrogen) atoms. The quantitative estimate of drug-likeness (QED) is 0.214. The van der Waals surface area contributed by atoms with Gasteiger partial charge < -0.3 is 60.7 Å². The molecule has 2 fully saturated rings. The third-order valence-electron chi connectivity index (χ3n) is 5.16. The second-order valence-corrected chi connectivity index (χ2v) is 6.68. The monoisotopic (exact) mass is 385 g/mol. The van der Waals surface area contributed by atoms with Gasteiger partial charge in [0.1, 0.15) is 48.3 Å². The van der Waals surface area contributed by atoms with E-state index >= 15 is 0 Å². The molecule has 0 amide bonds. The number of aliphatic hydroxyl groups excluding tert-OH is 8. The minimum Gasteiger partial charge on any atom is -0.394 e. The molecule has 1 heterocycles. The van der Waals surface area contributed by atoms with Crippen LogP contribution >= 0.6 is 0 Å². The van der Waals surface area contributed by atoms with Crippen molar-refractivity contribution in [3.8, 4) is 0 Å². The van der Waals surface area contributed by atoms with E-state index in [-0.39, 0.29) is 0 Å². The summed E-state index contributed by atoms with van der Waals surface area (Å²) in [5.41, 5.74) is -2.56. The summed E-state index contributed by atoms with van der Waals surface area (Å²) in [4.78, 5) is 0. The van der Waals surface area contributed by atoms with Crippen LogP contribution in [-0.2, 0) is 9.47 Å². The average Bonchev–Trinajstić information content (AvgIpc) is 2.65. The first kappa shape index (κ1) is 21.8. The van der Waals surface area contributed by atoms with Crippen molar-refractivity contribution < 1.29 is 55.4 Å². The Balaban J connectivity index is 2.26. The van der Waals surface area contributed by atoms with Crippen molar-refractivity contribution in [1.29, 1.82) is 0 Å². The molecule has 0 bridgehead atoms. The van der Waals surface area contributed by atoms with Gasteiger partial charge in [-0.3, -0.25) is 0 Å². The first-order valence-electron chi connectivity index (χ1n) is 8.10. The smallest absolute Gasteiger partial charge is 0.186 e.